The molecule has 15 atom stereocenters. The number of esters is 1. The van der Waals surface area contributed by atoms with Gasteiger partial charge in [0.15, 0.2) is 12.3 Å². The zero-order chi connectivity index (χ0) is 37.6. The van der Waals surface area contributed by atoms with Crippen molar-refractivity contribution in [2.45, 2.75) is 142 Å². The molecule has 1 saturated heterocycles. The largest absolute Gasteiger partial charge is 0.481 e. The SMILES string of the molecule is C=C(C)[C@@H]1CC[C@]2(C(=O)O)CC[C@]3(C)C(CCC4[C@@]5(C)CC[C@H](OC(=O)CN(OC)[C@@H]6O[C@H](C(=O)O)[C@@H](O)[C@H](O)[C@H]6O)C(C)(C)C5CC[C@]43C)C12. The lowest BCUT2D eigenvalue weighted by Gasteiger charge is -2.72. The van der Waals surface area contributed by atoms with Crippen molar-refractivity contribution in [2.24, 2.45) is 56.7 Å². The van der Waals surface area contributed by atoms with Crippen molar-refractivity contribution >= 4 is 17.9 Å². The summed E-state index contributed by atoms with van der Waals surface area (Å²) in [4.78, 5) is 43.4. The average Bonchev–Trinajstić information content (AvgIpc) is 3.46. The number of allylic oxidation sites excluding steroid dienone is 1. The molecule has 1 aliphatic heterocycles. The molecule has 12 heteroatoms. The van der Waals surface area contributed by atoms with Gasteiger partial charge in [-0.15, -0.1) is 5.06 Å². The highest BCUT2D eigenvalue weighted by Crippen LogP contribution is 2.77. The van der Waals surface area contributed by atoms with Crippen LogP contribution >= 0.6 is 0 Å². The van der Waals surface area contributed by atoms with Gasteiger partial charge in [0, 0.05) is 5.41 Å². The van der Waals surface area contributed by atoms with Crippen LogP contribution in [0.15, 0.2) is 12.2 Å². The van der Waals surface area contributed by atoms with Crippen LogP contribution in [0.2, 0.25) is 0 Å². The number of ether oxygens (including phenoxy) is 2. The fraction of sp³-hybridized carbons (Fsp3) is 0.872. The van der Waals surface area contributed by atoms with Crippen molar-refractivity contribution in [1.29, 1.82) is 0 Å². The van der Waals surface area contributed by atoms with Crippen LogP contribution in [0.1, 0.15) is 106 Å². The first kappa shape index (κ1) is 38.6. The highest BCUT2D eigenvalue weighted by molar-refractivity contribution is 5.76. The van der Waals surface area contributed by atoms with Crippen molar-refractivity contribution in [2.75, 3.05) is 13.7 Å². The summed E-state index contributed by atoms with van der Waals surface area (Å²) in [5.41, 5.74) is 0.162. The van der Waals surface area contributed by atoms with Gasteiger partial charge < -0.3 is 35.0 Å². The smallest absolute Gasteiger partial charge is 0.335 e. The Bertz CT molecular complexity index is 1420. The van der Waals surface area contributed by atoms with Crippen LogP contribution in [-0.2, 0) is 28.7 Å². The van der Waals surface area contributed by atoms with E-state index in [0.717, 1.165) is 68.4 Å². The highest BCUT2D eigenvalue weighted by Gasteiger charge is 2.72. The highest BCUT2D eigenvalue weighted by atomic mass is 16.7. The second-order valence-electron chi connectivity index (χ2n) is 18.5. The molecule has 0 aromatic heterocycles. The van der Waals surface area contributed by atoms with E-state index >= 15 is 0 Å². The number of aliphatic hydroxyl groups excluding tert-OH is 3. The van der Waals surface area contributed by atoms with Crippen LogP contribution in [0.5, 0.6) is 0 Å². The van der Waals surface area contributed by atoms with Gasteiger partial charge in [-0.2, -0.15) is 0 Å². The number of aliphatic hydroxyl groups is 3. The Balaban J connectivity index is 1.19. The zero-order valence-corrected chi connectivity index (χ0v) is 31.5. The fourth-order valence-corrected chi connectivity index (χ4v) is 13.6. The quantitative estimate of drug-likeness (QED) is 0.136. The van der Waals surface area contributed by atoms with E-state index in [1.807, 2.05) is 0 Å². The Morgan fingerprint density at radius 2 is 1.51 bits per heavy atom. The number of nitrogens with zero attached hydrogens (tertiary/aromatic N) is 1. The summed E-state index contributed by atoms with van der Waals surface area (Å²) >= 11 is 0. The molecule has 0 aromatic rings. The maximum absolute atomic E-state index is 13.5. The number of carboxylic acid groups (broad SMARTS) is 2. The molecular formula is C39H61NO11. The first-order valence-corrected chi connectivity index (χ1v) is 19.0. The molecule has 6 aliphatic rings. The third-order valence-corrected chi connectivity index (χ3v) is 16.3. The molecule has 0 radical (unpaired) electrons. The molecule has 5 aliphatic carbocycles. The Morgan fingerprint density at radius 1 is 0.824 bits per heavy atom. The molecule has 1 heterocycles. The van der Waals surface area contributed by atoms with Crippen LogP contribution in [0.3, 0.4) is 0 Å². The normalized spacial score (nSPS) is 48.8. The van der Waals surface area contributed by atoms with Gasteiger partial charge in [0.05, 0.1) is 12.5 Å². The van der Waals surface area contributed by atoms with Gasteiger partial charge in [0.25, 0.3) is 0 Å². The first-order valence-electron chi connectivity index (χ1n) is 19.0. The van der Waals surface area contributed by atoms with Crippen LogP contribution in [0.25, 0.3) is 0 Å². The van der Waals surface area contributed by atoms with E-state index in [-0.39, 0.29) is 39.4 Å². The predicted octanol–water partition coefficient (Wildman–Crippen LogP) is 4.40. The Morgan fingerprint density at radius 3 is 2.12 bits per heavy atom. The van der Waals surface area contributed by atoms with Gasteiger partial charge in [0.1, 0.15) is 31.0 Å². The Hall–Kier alpha value is -2.09. The summed E-state index contributed by atoms with van der Waals surface area (Å²) in [5.74, 6) is -1.35. The fourth-order valence-electron chi connectivity index (χ4n) is 13.6. The maximum atomic E-state index is 13.5. The van der Waals surface area contributed by atoms with Crippen molar-refractivity contribution in [1.82, 2.24) is 5.06 Å². The van der Waals surface area contributed by atoms with E-state index in [1.165, 1.54) is 7.11 Å². The van der Waals surface area contributed by atoms with Gasteiger partial charge in [-0.05, 0) is 117 Å². The molecule has 6 rings (SSSR count). The van der Waals surface area contributed by atoms with Gasteiger partial charge in [0.2, 0.25) is 0 Å². The van der Waals surface area contributed by atoms with Crippen LogP contribution < -0.4 is 0 Å². The number of hydrogen-bond acceptors (Lipinski definition) is 10. The van der Waals surface area contributed by atoms with E-state index in [4.69, 9.17) is 14.3 Å². The molecule has 0 spiro atoms. The Kier molecular flexibility index (Phi) is 9.88. The minimum absolute atomic E-state index is 0.000414. The zero-order valence-electron chi connectivity index (χ0n) is 31.5. The topological polar surface area (TPSA) is 183 Å². The summed E-state index contributed by atoms with van der Waals surface area (Å²) in [6, 6.07) is 0. The molecule has 6 fully saturated rings. The van der Waals surface area contributed by atoms with E-state index in [0.29, 0.717) is 18.3 Å². The minimum Gasteiger partial charge on any atom is -0.481 e. The molecule has 0 bridgehead atoms. The number of hydrogen-bond donors (Lipinski definition) is 5. The van der Waals surface area contributed by atoms with E-state index in [1.54, 1.807) is 0 Å². The second-order valence-corrected chi connectivity index (χ2v) is 18.5. The second kappa shape index (κ2) is 13.0. The molecule has 5 N–H and O–H groups in total. The number of carboxylic acids is 2. The summed E-state index contributed by atoms with van der Waals surface area (Å²) < 4.78 is 11.5. The maximum Gasteiger partial charge on any atom is 0.335 e. The van der Waals surface area contributed by atoms with Gasteiger partial charge in [-0.1, -0.05) is 46.8 Å². The summed E-state index contributed by atoms with van der Waals surface area (Å²) in [5, 5.41) is 52.0. The van der Waals surface area contributed by atoms with Crippen molar-refractivity contribution < 1.29 is 54.2 Å². The first-order chi connectivity index (χ1) is 23.7. The molecule has 0 amide bonds. The van der Waals surface area contributed by atoms with Crippen molar-refractivity contribution in [3.8, 4) is 0 Å². The lowest BCUT2D eigenvalue weighted by Crippen LogP contribution is -2.67. The van der Waals surface area contributed by atoms with Gasteiger partial charge in [-0.3, -0.25) is 14.4 Å². The number of carbonyl (C=O) groups excluding carboxylic acids is 1. The average molecular weight is 720 g/mol. The van der Waals surface area contributed by atoms with Crippen LogP contribution in [-0.4, -0.2) is 98.9 Å². The van der Waals surface area contributed by atoms with E-state index in [2.05, 4.69) is 48.1 Å². The monoisotopic (exact) mass is 719 g/mol. The molecule has 288 valence electrons. The lowest BCUT2D eigenvalue weighted by atomic mass is 9.32. The van der Waals surface area contributed by atoms with Gasteiger partial charge in [-0.25, -0.2) is 4.79 Å². The number of fused-ring (bicyclic) bond motifs is 7. The molecule has 4 unspecified atom stereocenters. The van der Waals surface area contributed by atoms with Gasteiger partial charge >= 0.3 is 17.9 Å². The summed E-state index contributed by atoms with van der Waals surface area (Å²) in [6.45, 7) is 17.8. The van der Waals surface area contributed by atoms with E-state index < -0.39 is 66.6 Å². The third kappa shape index (κ3) is 5.55. The summed E-state index contributed by atoms with van der Waals surface area (Å²) in [6.07, 6.45) is -0.214. The number of carbonyl (C=O) groups is 3. The molecule has 0 aromatic carbocycles. The third-order valence-electron chi connectivity index (χ3n) is 16.3. The molecule has 51 heavy (non-hydrogen) atoms. The molecule has 5 saturated carbocycles. The predicted molar refractivity (Wildman–Crippen MR) is 185 cm³/mol. The standard InChI is InChI=1S/C39H61NO11/c1-20(2)21-11-16-39(34(47)48)18-17-37(6)22(27(21)39)9-10-24-36(5)14-13-25(35(3,4)23(36)12-15-38(24,37)7)50-26(41)19-40(49-8)32-30(44)28(42)29(43)31(51-32)33(45)46/h21-25,27-32,42-44H,1,9-19H2,2-8H3,(H,45,46)(H,47,48)/t21-,22?,23?,24?,25-,27?,28-,29-,30+,31-,32+,36-,37+,38+,39-/m0/s1. The lowest BCUT2D eigenvalue weighted by molar-refractivity contribution is -0.321. The van der Waals surface area contributed by atoms with Crippen molar-refractivity contribution in [3.05, 3.63) is 12.2 Å². The molecular weight excluding hydrogens is 658 g/mol. The number of rotatable bonds is 8. The van der Waals surface area contributed by atoms with Crippen LogP contribution in [0, 0.1) is 56.7 Å². The van der Waals surface area contributed by atoms with Crippen LogP contribution in [0.4, 0.5) is 0 Å². The van der Waals surface area contributed by atoms with E-state index in [9.17, 15) is 39.9 Å². The van der Waals surface area contributed by atoms with Crippen molar-refractivity contribution in [3.63, 3.8) is 0 Å². The summed E-state index contributed by atoms with van der Waals surface area (Å²) in [7, 11) is 1.24. The Labute approximate surface area is 301 Å². The number of hydroxylamine groups is 2. The number of aliphatic carboxylic acids is 2. The molecule has 12 nitrogen and oxygen atoms in total. The minimum atomic E-state index is -1.86.